The maximum absolute atomic E-state index is 13.4. The van der Waals surface area contributed by atoms with Crippen LogP contribution in [0, 0.1) is 0 Å². The summed E-state index contributed by atoms with van der Waals surface area (Å²) >= 11 is 0. The van der Waals surface area contributed by atoms with Gasteiger partial charge in [0.1, 0.15) is 0 Å². The number of carbonyl (C=O) groups excluding carboxylic acids is 1. The fourth-order valence-corrected chi connectivity index (χ4v) is 2.59. The highest BCUT2D eigenvalue weighted by molar-refractivity contribution is 6.02. The molecule has 0 heterocycles. The average molecular weight is 444 g/mol. The van der Waals surface area contributed by atoms with Crippen LogP contribution in [0.15, 0.2) is 42.5 Å². The molecule has 2 aromatic rings. The molecule has 1 amide bonds. The third-order valence-corrected chi connectivity index (χ3v) is 3.99. The molecule has 2 rings (SSSR count). The van der Waals surface area contributed by atoms with Crippen LogP contribution in [0.5, 0.6) is 11.5 Å². The lowest BCUT2D eigenvalue weighted by atomic mass is 10.1. The molecule has 168 valence electrons. The molecule has 0 saturated carbocycles. The average Bonchev–Trinajstić information content (AvgIpc) is 2.67. The van der Waals surface area contributed by atoms with Crippen molar-refractivity contribution in [2.24, 2.45) is 0 Å². The van der Waals surface area contributed by atoms with Crippen molar-refractivity contribution in [3.8, 4) is 11.5 Å². The number of nitrogens with zero attached hydrogens (tertiary/aromatic N) is 1. The fourth-order valence-electron chi connectivity index (χ4n) is 2.59. The maximum Gasteiger partial charge on any atom is 0.418 e. The molecule has 10 heteroatoms. The van der Waals surface area contributed by atoms with E-state index in [-0.39, 0.29) is 23.8 Å². The van der Waals surface area contributed by atoms with Gasteiger partial charge in [0, 0.05) is 25.9 Å². The summed E-state index contributed by atoms with van der Waals surface area (Å²) in [6.45, 7) is -1.19. The lowest BCUT2D eigenvalue weighted by Crippen LogP contribution is -2.16. The molecule has 0 radical (unpaired) electrons. The van der Waals surface area contributed by atoms with Crippen molar-refractivity contribution in [1.82, 2.24) is 0 Å². The molecule has 5 nitrogen and oxygen atoms in total. The van der Waals surface area contributed by atoms with Crippen LogP contribution >= 0.6 is 0 Å². The molecule has 0 aliphatic heterocycles. The smallest absolute Gasteiger partial charge is 0.418 e. The van der Waals surface area contributed by atoms with Crippen LogP contribution < -0.4 is 19.7 Å². The van der Waals surface area contributed by atoms with E-state index in [0.717, 1.165) is 12.1 Å². The topological polar surface area (TPSA) is 50.8 Å². The fraction of sp³-hybridized carbons (Fsp3) is 0.286. The lowest BCUT2D eigenvalue weighted by Gasteiger charge is -2.18. The summed E-state index contributed by atoms with van der Waals surface area (Å²) in [5.41, 5.74) is -0.634. The summed E-state index contributed by atoms with van der Waals surface area (Å²) in [5, 5.41) is 2.21. The molecule has 0 saturated heterocycles. The van der Waals surface area contributed by atoms with Crippen molar-refractivity contribution in [3.63, 3.8) is 0 Å². The highest BCUT2D eigenvalue weighted by atomic mass is 19.4. The molecule has 0 aromatic heterocycles. The Labute approximate surface area is 176 Å². The van der Waals surface area contributed by atoms with Gasteiger partial charge in [-0.05, 0) is 48.9 Å². The van der Waals surface area contributed by atoms with E-state index in [1.54, 1.807) is 21.0 Å². The Balaban J connectivity index is 2.22. The van der Waals surface area contributed by atoms with Gasteiger partial charge in [0.2, 0.25) is 5.91 Å². The second kappa shape index (κ2) is 10.1. The number of hydrogen-bond donors (Lipinski definition) is 1. The summed E-state index contributed by atoms with van der Waals surface area (Å²) in [7, 11) is 3.20. The highest BCUT2D eigenvalue weighted by Crippen LogP contribution is 2.37. The predicted octanol–water partition coefficient (Wildman–Crippen LogP) is 5.42. The number of amides is 1. The van der Waals surface area contributed by atoms with Crippen molar-refractivity contribution >= 4 is 23.4 Å². The van der Waals surface area contributed by atoms with Gasteiger partial charge in [0.15, 0.2) is 11.5 Å². The summed E-state index contributed by atoms with van der Waals surface area (Å²) in [6, 6.07) is 7.58. The van der Waals surface area contributed by atoms with Crippen molar-refractivity contribution in [3.05, 3.63) is 53.6 Å². The molecule has 2 aromatic carbocycles. The molecule has 0 spiro atoms. The van der Waals surface area contributed by atoms with E-state index in [1.165, 1.54) is 41.3 Å². The quantitative estimate of drug-likeness (QED) is 0.436. The Bertz CT molecular complexity index is 943. The number of hydrogen-bond acceptors (Lipinski definition) is 4. The second-order valence-corrected chi connectivity index (χ2v) is 6.46. The monoisotopic (exact) mass is 444 g/mol. The van der Waals surface area contributed by atoms with Gasteiger partial charge in [-0.2, -0.15) is 22.0 Å². The number of ether oxygens (including phenoxy) is 2. The minimum Gasteiger partial charge on any atom is -0.490 e. The largest absolute Gasteiger partial charge is 0.490 e. The zero-order valence-corrected chi connectivity index (χ0v) is 17.0. The van der Waals surface area contributed by atoms with Crippen LogP contribution in [0.3, 0.4) is 0 Å². The van der Waals surface area contributed by atoms with E-state index >= 15 is 0 Å². The van der Waals surface area contributed by atoms with Gasteiger partial charge in [-0.25, -0.2) is 0 Å². The van der Waals surface area contributed by atoms with E-state index in [9.17, 15) is 26.7 Å². The van der Waals surface area contributed by atoms with Gasteiger partial charge in [0.25, 0.3) is 0 Å². The number of nitrogens with one attached hydrogen (secondary N) is 1. The van der Waals surface area contributed by atoms with E-state index < -0.39 is 24.3 Å². The third kappa shape index (κ3) is 6.87. The third-order valence-electron chi connectivity index (χ3n) is 3.99. The Hall–Kier alpha value is -3.30. The number of anilines is 2. The summed E-state index contributed by atoms with van der Waals surface area (Å²) in [6.07, 6.45) is -2.32. The van der Waals surface area contributed by atoms with Gasteiger partial charge in [-0.15, -0.1) is 0 Å². The van der Waals surface area contributed by atoms with Crippen LogP contribution in [-0.2, 0) is 11.0 Å². The van der Waals surface area contributed by atoms with Crippen molar-refractivity contribution in [1.29, 1.82) is 0 Å². The number of halogens is 5. The zero-order chi connectivity index (χ0) is 23.2. The normalized spacial score (nSPS) is 11.6. The van der Waals surface area contributed by atoms with E-state index in [0.29, 0.717) is 11.3 Å². The maximum atomic E-state index is 13.4. The first-order chi connectivity index (χ1) is 14.5. The van der Waals surface area contributed by atoms with Crippen molar-refractivity contribution in [2.75, 3.05) is 30.9 Å². The standard InChI is InChI=1S/C21H21F5N2O3/c1-4-30-18-11-13(5-9-17(18)31-20(22)23)6-10-19(29)27-16-8-7-14(28(2)3)12-15(16)21(24,25)26/h5-12,20H,4H2,1-3H3,(H,27,29)/b10-6+. The molecule has 1 N–H and O–H groups in total. The van der Waals surface area contributed by atoms with Crippen LogP contribution in [0.1, 0.15) is 18.1 Å². The molecule has 31 heavy (non-hydrogen) atoms. The molecular formula is C21H21F5N2O3. The summed E-state index contributed by atoms with van der Waals surface area (Å²) < 4.78 is 74.6. The SMILES string of the molecule is CCOc1cc(/C=C/C(=O)Nc2ccc(N(C)C)cc2C(F)(F)F)ccc1OC(F)F. The van der Waals surface area contributed by atoms with Gasteiger partial charge in [0.05, 0.1) is 17.9 Å². The van der Waals surface area contributed by atoms with Gasteiger partial charge >= 0.3 is 12.8 Å². The summed E-state index contributed by atoms with van der Waals surface area (Å²) in [4.78, 5) is 13.7. The Morgan fingerprint density at radius 1 is 1.13 bits per heavy atom. The number of carbonyl (C=O) groups is 1. The number of benzene rings is 2. The van der Waals surface area contributed by atoms with Crippen LogP contribution in [0.25, 0.3) is 6.08 Å². The molecule has 0 unspecified atom stereocenters. The molecule has 0 aliphatic rings. The van der Waals surface area contributed by atoms with E-state index in [4.69, 9.17) is 4.74 Å². The minimum atomic E-state index is -4.66. The van der Waals surface area contributed by atoms with E-state index in [1.807, 2.05) is 0 Å². The highest BCUT2D eigenvalue weighted by Gasteiger charge is 2.34. The molecular weight excluding hydrogens is 423 g/mol. The first-order valence-corrected chi connectivity index (χ1v) is 9.10. The number of alkyl halides is 5. The Morgan fingerprint density at radius 2 is 1.84 bits per heavy atom. The van der Waals surface area contributed by atoms with Crippen LogP contribution in [0.2, 0.25) is 0 Å². The van der Waals surface area contributed by atoms with E-state index in [2.05, 4.69) is 10.1 Å². The van der Waals surface area contributed by atoms with Gasteiger partial charge in [-0.1, -0.05) is 6.07 Å². The first-order valence-electron chi connectivity index (χ1n) is 9.10. The molecule has 0 aliphatic carbocycles. The van der Waals surface area contributed by atoms with Crippen molar-refractivity contribution < 1.29 is 36.2 Å². The van der Waals surface area contributed by atoms with Gasteiger partial charge < -0.3 is 19.7 Å². The first kappa shape index (κ1) is 24.0. The van der Waals surface area contributed by atoms with Gasteiger partial charge in [-0.3, -0.25) is 4.79 Å². The molecule has 0 fully saturated rings. The minimum absolute atomic E-state index is 0.0454. The Morgan fingerprint density at radius 3 is 2.42 bits per heavy atom. The van der Waals surface area contributed by atoms with Crippen molar-refractivity contribution in [2.45, 2.75) is 19.7 Å². The predicted molar refractivity (Wildman–Crippen MR) is 108 cm³/mol. The van der Waals surface area contributed by atoms with Crippen LogP contribution in [-0.4, -0.2) is 33.2 Å². The number of rotatable bonds is 8. The van der Waals surface area contributed by atoms with Crippen LogP contribution in [0.4, 0.5) is 33.3 Å². The molecule has 0 bridgehead atoms. The lowest BCUT2D eigenvalue weighted by molar-refractivity contribution is -0.136. The zero-order valence-electron chi connectivity index (χ0n) is 17.0. The Kier molecular flexibility index (Phi) is 7.84. The second-order valence-electron chi connectivity index (χ2n) is 6.46. The molecule has 0 atom stereocenters. The summed E-state index contributed by atoms with van der Waals surface area (Å²) in [5.74, 6) is -0.924.